The van der Waals surface area contributed by atoms with Gasteiger partial charge in [0.1, 0.15) is 11.3 Å². The molecule has 4 rings (SSSR count). The van der Waals surface area contributed by atoms with Crippen molar-refractivity contribution in [2.24, 2.45) is 0 Å². The van der Waals surface area contributed by atoms with Crippen LogP contribution in [-0.2, 0) is 5.75 Å². The molecule has 0 aliphatic rings. The number of nitrogens with one attached hydrogen (secondary N) is 1. The molecule has 0 bridgehead atoms. The number of amides is 1. The lowest BCUT2D eigenvalue weighted by molar-refractivity contribution is 0.0910. The normalized spacial score (nSPS) is 12.2. The highest BCUT2D eigenvalue weighted by molar-refractivity contribution is 7.98. The minimum atomic E-state index is -0.232. The zero-order chi connectivity index (χ0) is 18.6. The fourth-order valence-corrected chi connectivity index (χ4v) is 3.45. The van der Waals surface area contributed by atoms with E-state index in [9.17, 15) is 4.79 Å². The van der Waals surface area contributed by atoms with E-state index in [1.165, 1.54) is 11.8 Å². The Morgan fingerprint density at radius 2 is 1.81 bits per heavy atom. The Morgan fingerprint density at radius 3 is 2.63 bits per heavy atom. The Labute approximate surface area is 160 Å². The number of carbonyl (C=O) groups is 1. The summed E-state index contributed by atoms with van der Waals surface area (Å²) < 4.78 is 11.4. The number of aromatic nitrogens is 1. The molecule has 4 aromatic rings. The van der Waals surface area contributed by atoms with E-state index in [0.29, 0.717) is 22.5 Å². The van der Waals surface area contributed by atoms with Crippen LogP contribution in [0.4, 0.5) is 0 Å². The molecule has 1 N–H and O–H groups in total. The largest absolute Gasteiger partial charge is 0.455 e. The molecule has 2 heterocycles. The maximum atomic E-state index is 12.4. The van der Waals surface area contributed by atoms with Crippen LogP contribution in [0.15, 0.2) is 80.8 Å². The summed E-state index contributed by atoms with van der Waals surface area (Å²) in [5.74, 6) is 1.30. The highest BCUT2D eigenvalue weighted by Crippen LogP contribution is 2.26. The lowest BCUT2D eigenvalue weighted by atomic mass is 10.1. The van der Waals surface area contributed by atoms with Gasteiger partial charge in [0.2, 0.25) is 0 Å². The number of rotatable bonds is 6. The molecule has 0 radical (unpaired) electrons. The van der Waals surface area contributed by atoms with Crippen LogP contribution < -0.4 is 5.32 Å². The van der Waals surface area contributed by atoms with E-state index in [0.717, 1.165) is 16.7 Å². The zero-order valence-electron chi connectivity index (χ0n) is 14.7. The van der Waals surface area contributed by atoms with Crippen LogP contribution in [0.2, 0.25) is 0 Å². The summed E-state index contributed by atoms with van der Waals surface area (Å²) in [4.78, 5) is 16.8. The molecule has 0 saturated heterocycles. The summed E-state index contributed by atoms with van der Waals surface area (Å²) in [6.07, 6.45) is 0. The predicted octanol–water partition coefficient (Wildman–Crippen LogP) is 5.20. The van der Waals surface area contributed by atoms with Crippen LogP contribution in [0, 0.1) is 0 Å². The molecule has 1 unspecified atom stereocenters. The fourth-order valence-electron chi connectivity index (χ4n) is 2.72. The first-order valence-corrected chi connectivity index (χ1v) is 9.60. The van der Waals surface area contributed by atoms with E-state index in [-0.39, 0.29) is 11.9 Å². The van der Waals surface area contributed by atoms with E-state index in [4.69, 9.17) is 8.83 Å². The van der Waals surface area contributed by atoms with Crippen molar-refractivity contribution in [2.75, 3.05) is 0 Å². The summed E-state index contributed by atoms with van der Waals surface area (Å²) in [5.41, 5.74) is 2.63. The van der Waals surface area contributed by atoms with Crippen LogP contribution in [0.1, 0.15) is 34.8 Å². The van der Waals surface area contributed by atoms with Gasteiger partial charge in [-0.15, -0.1) is 0 Å². The molecule has 6 heteroatoms. The molecule has 27 heavy (non-hydrogen) atoms. The van der Waals surface area contributed by atoms with E-state index in [1.54, 1.807) is 12.1 Å². The average molecular weight is 378 g/mol. The first-order chi connectivity index (χ1) is 13.2. The first kappa shape index (κ1) is 17.4. The second-order valence-corrected chi connectivity index (χ2v) is 7.03. The average Bonchev–Trinajstić information content (AvgIpc) is 3.33. The quantitative estimate of drug-likeness (QED) is 0.467. The SMILES string of the molecule is CC(NC(=O)c1ccc(CSc2nc3ccccc3o2)o1)c1ccccc1. The number of fused-ring (bicyclic) bond motifs is 1. The Kier molecular flexibility index (Phi) is 4.98. The third-order valence-corrected chi connectivity index (χ3v) is 5.00. The Hall–Kier alpha value is -2.99. The second-order valence-electron chi connectivity index (χ2n) is 6.11. The third kappa shape index (κ3) is 4.06. The lowest BCUT2D eigenvalue weighted by Crippen LogP contribution is -2.26. The number of carbonyl (C=O) groups excluding carboxylic acids is 1. The molecule has 0 spiro atoms. The highest BCUT2D eigenvalue weighted by Gasteiger charge is 2.15. The van der Waals surface area contributed by atoms with Gasteiger partial charge >= 0.3 is 0 Å². The maximum absolute atomic E-state index is 12.4. The van der Waals surface area contributed by atoms with Crippen LogP contribution >= 0.6 is 11.8 Å². The third-order valence-electron chi connectivity index (χ3n) is 4.14. The van der Waals surface area contributed by atoms with Gasteiger partial charge in [-0.2, -0.15) is 0 Å². The van der Waals surface area contributed by atoms with Crippen LogP contribution in [0.3, 0.4) is 0 Å². The number of thioether (sulfide) groups is 1. The molecular formula is C21H18N2O3S. The molecule has 0 saturated carbocycles. The zero-order valence-corrected chi connectivity index (χ0v) is 15.5. The summed E-state index contributed by atoms with van der Waals surface area (Å²) >= 11 is 1.43. The topological polar surface area (TPSA) is 68.3 Å². The van der Waals surface area contributed by atoms with Gasteiger partial charge in [0.05, 0.1) is 11.8 Å². The molecule has 2 aromatic heterocycles. The molecule has 2 aromatic carbocycles. The molecule has 1 atom stereocenters. The van der Waals surface area contributed by atoms with Crippen molar-refractivity contribution in [3.63, 3.8) is 0 Å². The van der Waals surface area contributed by atoms with Gasteiger partial charge in [0, 0.05) is 0 Å². The lowest BCUT2D eigenvalue weighted by Gasteiger charge is -2.13. The summed E-state index contributed by atoms with van der Waals surface area (Å²) in [7, 11) is 0. The van der Waals surface area contributed by atoms with Crippen molar-refractivity contribution in [1.82, 2.24) is 10.3 Å². The van der Waals surface area contributed by atoms with Gasteiger partial charge in [-0.25, -0.2) is 4.98 Å². The Morgan fingerprint density at radius 1 is 1.04 bits per heavy atom. The first-order valence-electron chi connectivity index (χ1n) is 8.62. The van der Waals surface area contributed by atoms with Crippen molar-refractivity contribution in [3.8, 4) is 0 Å². The standard InChI is InChI=1S/C21H18N2O3S/c1-14(15-7-3-2-4-8-15)22-20(24)19-12-11-16(25-19)13-27-21-23-17-9-5-6-10-18(17)26-21/h2-12,14H,13H2,1H3,(H,22,24). The number of oxazole rings is 1. The van der Waals surface area contributed by atoms with Crippen molar-refractivity contribution >= 4 is 28.8 Å². The summed E-state index contributed by atoms with van der Waals surface area (Å²) in [5, 5.41) is 3.53. The summed E-state index contributed by atoms with van der Waals surface area (Å²) in [6, 6.07) is 20.8. The van der Waals surface area contributed by atoms with Gasteiger partial charge in [-0.05, 0) is 36.8 Å². The van der Waals surface area contributed by atoms with Gasteiger partial charge in [0.25, 0.3) is 11.1 Å². The van der Waals surface area contributed by atoms with Crippen molar-refractivity contribution in [2.45, 2.75) is 23.9 Å². The maximum Gasteiger partial charge on any atom is 0.287 e. The van der Waals surface area contributed by atoms with E-state index in [1.807, 2.05) is 61.5 Å². The Bertz CT molecular complexity index is 1020. The van der Waals surface area contributed by atoms with Gasteiger partial charge in [-0.3, -0.25) is 4.79 Å². The number of para-hydroxylation sites is 2. The number of hydrogen-bond acceptors (Lipinski definition) is 5. The molecular weight excluding hydrogens is 360 g/mol. The van der Waals surface area contributed by atoms with Crippen molar-refractivity contribution in [3.05, 3.63) is 83.8 Å². The van der Waals surface area contributed by atoms with Crippen LogP contribution in [-0.4, -0.2) is 10.9 Å². The number of benzene rings is 2. The van der Waals surface area contributed by atoms with E-state index in [2.05, 4.69) is 10.3 Å². The minimum Gasteiger partial charge on any atom is -0.455 e. The molecule has 136 valence electrons. The van der Waals surface area contributed by atoms with Crippen molar-refractivity contribution < 1.29 is 13.6 Å². The number of nitrogens with zero attached hydrogens (tertiary/aromatic N) is 1. The summed E-state index contributed by atoms with van der Waals surface area (Å²) in [6.45, 7) is 1.94. The van der Waals surface area contributed by atoms with Gasteiger partial charge in [-0.1, -0.05) is 54.2 Å². The molecule has 5 nitrogen and oxygen atoms in total. The van der Waals surface area contributed by atoms with Gasteiger partial charge < -0.3 is 14.2 Å². The second kappa shape index (κ2) is 7.72. The smallest absolute Gasteiger partial charge is 0.287 e. The van der Waals surface area contributed by atoms with Crippen LogP contribution in [0.5, 0.6) is 0 Å². The predicted molar refractivity (Wildman–Crippen MR) is 105 cm³/mol. The van der Waals surface area contributed by atoms with Crippen LogP contribution in [0.25, 0.3) is 11.1 Å². The fraction of sp³-hybridized carbons (Fsp3) is 0.143. The number of furan rings is 1. The van der Waals surface area contributed by atoms with Gasteiger partial charge in [0.15, 0.2) is 11.3 Å². The van der Waals surface area contributed by atoms with E-state index >= 15 is 0 Å². The molecule has 0 aliphatic heterocycles. The highest BCUT2D eigenvalue weighted by atomic mass is 32.2. The molecule has 1 amide bonds. The van der Waals surface area contributed by atoms with Crippen molar-refractivity contribution in [1.29, 1.82) is 0 Å². The Balaban J connectivity index is 1.37. The molecule has 0 aliphatic carbocycles. The minimum absolute atomic E-state index is 0.0960. The molecule has 0 fully saturated rings. The van der Waals surface area contributed by atoms with E-state index < -0.39 is 0 Å². The monoisotopic (exact) mass is 378 g/mol. The number of hydrogen-bond donors (Lipinski definition) is 1.